The largest absolute Gasteiger partial charge is 0.412 e. The second kappa shape index (κ2) is 9.19. The van der Waals surface area contributed by atoms with Gasteiger partial charge in [0.15, 0.2) is 0 Å². The lowest BCUT2D eigenvalue weighted by atomic mass is 10.00. The predicted molar refractivity (Wildman–Crippen MR) is 109 cm³/mol. The van der Waals surface area contributed by atoms with Crippen LogP contribution < -0.4 is 4.90 Å². The SMILES string of the molecule is CS(=O)(=O)N1CCN(c2cc(Cl)ccc2CC2CCCN2C(C(F)(F)F)C(F)(F)F)CC1. The minimum absolute atomic E-state index is 0.00144. The van der Waals surface area contributed by atoms with Gasteiger partial charge in [-0.3, -0.25) is 4.90 Å². The van der Waals surface area contributed by atoms with Crippen molar-refractivity contribution < 1.29 is 34.8 Å². The lowest BCUT2D eigenvalue weighted by molar-refractivity contribution is -0.289. The zero-order valence-corrected chi connectivity index (χ0v) is 18.8. The van der Waals surface area contributed by atoms with Crippen LogP contribution in [0.2, 0.25) is 5.02 Å². The maximum Gasteiger partial charge on any atom is 0.412 e. The summed E-state index contributed by atoms with van der Waals surface area (Å²) in [4.78, 5) is 2.38. The number of nitrogens with zero attached hydrogens (tertiary/aromatic N) is 3. The highest BCUT2D eigenvalue weighted by molar-refractivity contribution is 7.88. The molecule has 1 aromatic carbocycles. The topological polar surface area (TPSA) is 43.9 Å². The lowest BCUT2D eigenvalue weighted by Crippen LogP contribution is -2.56. The summed E-state index contributed by atoms with van der Waals surface area (Å²) in [6.45, 7) is 0.838. The Bertz CT molecular complexity index is 903. The average Bonchev–Trinajstić information content (AvgIpc) is 3.07. The number of rotatable bonds is 5. The molecule has 1 unspecified atom stereocenters. The third-order valence-electron chi connectivity index (χ3n) is 5.93. The van der Waals surface area contributed by atoms with E-state index in [0.717, 1.165) is 6.26 Å². The summed E-state index contributed by atoms with van der Waals surface area (Å²) >= 11 is 6.11. The zero-order chi connectivity index (χ0) is 23.9. The van der Waals surface area contributed by atoms with Crippen molar-refractivity contribution in [2.75, 3.05) is 43.9 Å². The van der Waals surface area contributed by atoms with Crippen LogP contribution in [0.15, 0.2) is 18.2 Å². The smallest absolute Gasteiger partial charge is 0.369 e. The van der Waals surface area contributed by atoms with Gasteiger partial charge in [-0.1, -0.05) is 17.7 Å². The molecule has 0 radical (unpaired) electrons. The first-order valence-corrected chi connectivity index (χ1v) is 12.3. The Labute approximate surface area is 188 Å². The predicted octanol–water partition coefficient (Wildman–Crippen LogP) is 3.92. The van der Waals surface area contributed by atoms with Gasteiger partial charge in [0.25, 0.3) is 0 Å². The molecule has 2 saturated heterocycles. The third kappa shape index (κ3) is 5.81. The van der Waals surface area contributed by atoms with E-state index in [2.05, 4.69) is 0 Å². The first kappa shape index (κ1) is 25.4. The summed E-state index contributed by atoms with van der Waals surface area (Å²) in [6.07, 6.45) is -9.28. The molecule has 0 bridgehead atoms. The van der Waals surface area contributed by atoms with E-state index >= 15 is 0 Å². The van der Waals surface area contributed by atoms with Gasteiger partial charge in [-0.15, -0.1) is 0 Å². The Balaban J connectivity index is 1.83. The summed E-state index contributed by atoms with van der Waals surface area (Å²) in [7, 11) is -3.35. The van der Waals surface area contributed by atoms with Crippen molar-refractivity contribution in [3.05, 3.63) is 28.8 Å². The van der Waals surface area contributed by atoms with Crippen molar-refractivity contribution >= 4 is 27.3 Å². The summed E-state index contributed by atoms with van der Waals surface area (Å²) < 4.78 is 105. The third-order valence-corrected chi connectivity index (χ3v) is 7.46. The van der Waals surface area contributed by atoms with Crippen LogP contribution in [-0.4, -0.2) is 81.0 Å². The molecule has 182 valence electrons. The molecule has 2 aliphatic rings. The fourth-order valence-electron chi connectivity index (χ4n) is 4.50. The number of piperazine rings is 1. The number of halogens is 7. The van der Waals surface area contributed by atoms with E-state index in [1.807, 2.05) is 4.90 Å². The molecule has 2 aliphatic heterocycles. The Morgan fingerprint density at radius 3 is 2.16 bits per heavy atom. The summed E-state index contributed by atoms with van der Waals surface area (Å²) in [6, 6.07) is 0.360. The zero-order valence-electron chi connectivity index (χ0n) is 17.3. The van der Waals surface area contributed by atoms with Gasteiger partial charge in [0.2, 0.25) is 16.1 Å². The molecule has 0 aromatic heterocycles. The molecule has 0 amide bonds. The van der Waals surface area contributed by atoms with Crippen molar-refractivity contribution in [1.82, 2.24) is 9.21 Å². The molecule has 5 nitrogen and oxygen atoms in total. The van der Waals surface area contributed by atoms with Crippen molar-refractivity contribution in [2.45, 2.75) is 43.7 Å². The van der Waals surface area contributed by atoms with E-state index in [9.17, 15) is 34.8 Å². The minimum atomic E-state index is -5.42. The van der Waals surface area contributed by atoms with Crippen LogP contribution in [0, 0.1) is 0 Å². The molecule has 13 heteroatoms. The molecule has 1 atom stereocenters. The lowest BCUT2D eigenvalue weighted by Gasteiger charge is -2.38. The molecule has 0 saturated carbocycles. The summed E-state index contributed by atoms with van der Waals surface area (Å²) in [5.41, 5.74) is 1.19. The normalized spacial score (nSPS) is 22.2. The molecule has 1 aromatic rings. The van der Waals surface area contributed by atoms with Gasteiger partial charge in [-0.05, 0) is 43.5 Å². The van der Waals surface area contributed by atoms with E-state index in [0.29, 0.717) is 34.3 Å². The maximum absolute atomic E-state index is 13.3. The van der Waals surface area contributed by atoms with Crippen LogP contribution in [-0.2, 0) is 16.4 Å². The molecular formula is C19H24ClF6N3O2S. The van der Waals surface area contributed by atoms with Crippen LogP contribution >= 0.6 is 11.6 Å². The van der Waals surface area contributed by atoms with Crippen LogP contribution in [0.3, 0.4) is 0 Å². The highest BCUT2D eigenvalue weighted by Crippen LogP contribution is 2.41. The maximum atomic E-state index is 13.3. The molecule has 0 spiro atoms. The summed E-state index contributed by atoms with van der Waals surface area (Å²) in [5, 5.41) is 0.376. The number of anilines is 1. The quantitative estimate of drug-likeness (QED) is 0.567. The number of hydrogen-bond donors (Lipinski definition) is 0. The van der Waals surface area contributed by atoms with E-state index in [4.69, 9.17) is 11.6 Å². The first-order chi connectivity index (χ1) is 14.7. The van der Waals surface area contributed by atoms with E-state index in [1.165, 1.54) is 4.31 Å². The second-order valence-corrected chi connectivity index (χ2v) is 10.6. The van der Waals surface area contributed by atoms with Crippen molar-refractivity contribution in [3.8, 4) is 0 Å². The van der Waals surface area contributed by atoms with Crippen LogP contribution in [0.4, 0.5) is 32.0 Å². The van der Waals surface area contributed by atoms with E-state index in [1.54, 1.807) is 18.2 Å². The van der Waals surface area contributed by atoms with Gasteiger partial charge in [0.1, 0.15) is 0 Å². The van der Waals surface area contributed by atoms with E-state index < -0.39 is 34.5 Å². The molecule has 2 heterocycles. The Hall–Kier alpha value is -1.24. The van der Waals surface area contributed by atoms with Crippen LogP contribution in [0.5, 0.6) is 0 Å². The highest BCUT2D eigenvalue weighted by Gasteiger charge is 2.61. The highest BCUT2D eigenvalue weighted by atomic mass is 35.5. The fourth-order valence-corrected chi connectivity index (χ4v) is 5.49. The Morgan fingerprint density at radius 1 is 1.03 bits per heavy atom. The Kier molecular flexibility index (Phi) is 7.29. The van der Waals surface area contributed by atoms with Gasteiger partial charge < -0.3 is 4.90 Å². The standard InChI is InChI=1S/C19H24ClF6N3O2S/c1-32(30,31)28-9-7-27(8-10-28)16-12-14(20)5-4-13(16)11-15-3-2-6-29(15)17(18(21,22)23)19(24,25)26/h4-5,12,15,17H,2-3,6-11H2,1H3. The molecule has 0 N–H and O–H groups in total. The Morgan fingerprint density at radius 2 is 1.62 bits per heavy atom. The fraction of sp³-hybridized carbons (Fsp3) is 0.684. The molecule has 0 aliphatic carbocycles. The molecule has 32 heavy (non-hydrogen) atoms. The number of hydrogen-bond acceptors (Lipinski definition) is 4. The molecule has 3 rings (SSSR count). The monoisotopic (exact) mass is 507 g/mol. The van der Waals surface area contributed by atoms with Gasteiger partial charge in [-0.2, -0.15) is 30.6 Å². The minimum Gasteiger partial charge on any atom is -0.369 e. The van der Waals surface area contributed by atoms with Crippen LogP contribution in [0.25, 0.3) is 0 Å². The number of sulfonamides is 1. The van der Waals surface area contributed by atoms with Crippen LogP contribution in [0.1, 0.15) is 18.4 Å². The molecule has 2 fully saturated rings. The average molecular weight is 508 g/mol. The first-order valence-electron chi connectivity index (χ1n) is 10.1. The van der Waals surface area contributed by atoms with Gasteiger partial charge in [0, 0.05) is 42.9 Å². The second-order valence-electron chi connectivity index (χ2n) is 8.15. The van der Waals surface area contributed by atoms with Crippen molar-refractivity contribution in [3.63, 3.8) is 0 Å². The van der Waals surface area contributed by atoms with E-state index in [-0.39, 0.29) is 38.9 Å². The number of alkyl halides is 6. The summed E-state index contributed by atoms with van der Waals surface area (Å²) in [5.74, 6) is 0. The van der Waals surface area contributed by atoms with Crippen molar-refractivity contribution in [2.24, 2.45) is 0 Å². The van der Waals surface area contributed by atoms with Gasteiger partial charge >= 0.3 is 12.4 Å². The van der Waals surface area contributed by atoms with Gasteiger partial charge in [-0.25, -0.2) is 8.42 Å². The number of likely N-dealkylation sites (tertiary alicyclic amines) is 1. The molecular weight excluding hydrogens is 484 g/mol. The van der Waals surface area contributed by atoms with Crippen molar-refractivity contribution in [1.29, 1.82) is 0 Å². The van der Waals surface area contributed by atoms with Gasteiger partial charge in [0.05, 0.1) is 6.26 Å². The number of benzene rings is 1.